The van der Waals surface area contributed by atoms with Crippen molar-refractivity contribution < 1.29 is 14.4 Å². The second-order valence-electron chi connectivity index (χ2n) is 4.29. The summed E-state index contributed by atoms with van der Waals surface area (Å²) in [4.78, 5) is 4.24. The highest BCUT2D eigenvalue weighted by molar-refractivity contribution is 5.62. The van der Waals surface area contributed by atoms with Crippen LogP contribution in [0.3, 0.4) is 0 Å². The fraction of sp³-hybridized carbons (Fsp3) is 0.385. The molecule has 1 aromatic carbocycles. The van der Waals surface area contributed by atoms with E-state index in [1.54, 1.807) is 19.2 Å². The van der Waals surface area contributed by atoms with Gasteiger partial charge < -0.3 is 14.4 Å². The fourth-order valence-electron chi connectivity index (χ4n) is 1.61. The number of aromatic nitrogens is 2. The zero-order valence-electron chi connectivity index (χ0n) is 10.7. The summed E-state index contributed by atoms with van der Waals surface area (Å²) in [6, 6.07) is 5.31. The second-order valence-corrected chi connectivity index (χ2v) is 4.29. The lowest BCUT2D eigenvalue weighted by molar-refractivity contribution is 0.116. The summed E-state index contributed by atoms with van der Waals surface area (Å²) in [7, 11) is 1.64. The molecule has 0 saturated heterocycles. The summed E-state index contributed by atoms with van der Waals surface area (Å²) in [5.74, 6) is 1.04. The molecule has 1 N–H and O–H groups in total. The number of phenolic OH excluding ortho intramolecular Hbond substituents is 1. The number of methoxy groups -OCH3 is 1. The number of hydrogen-bond acceptors (Lipinski definition) is 5. The van der Waals surface area contributed by atoms with Gasteiger partial charge in [-0.05, 0) is 31.5 Å². The first kappa shape index (κ1) is 12.6. The molecule has 0 aliphatic heterocycles. The molecule has 5 heteroatoms. The minimum Gasteiger partial charge on any atom is -0.507 e. The number of aromatic hydroxyl groups is 1. The van der Waals surface area contributed by atoms with Gasteiger partial charge in [0.05, 0.1) is 11.7 Å². The first-order valence-corrected chi connectivity index (χ1v) is 5.75. The molecule has 2 aromatic rings. The van der Waals surface area contributed by atoms with Gasteiger partial charge in [0, 0.05) is 13.5 Å². The van der Waals surface area contributed by atoms with Crippen LogP contribution in [0, 0.1) is 6.92 Å². The minimum atomic E-state index is 0.0297. The highest BCUT2D eigenvalue weighted by atomic mass is 16.5. The van der Waals surface area contributed by atoms with Gasteiger partial charge in [-0.15, -0.1) is 0 Å². The largest absolute Gasteiger partial charge is 0.507 e. The van der Waals surface area contributed by atoms with Crippen LogP contribution in [0.15, 0.2) is 22.7 Å². The molecule has 2 rings (SSSR count). The van der Waals surface area contributed by atoms with Gasteiger partial charge in [-0.2, -0.15) is 4.98 Å². The molecule has 1 heterocycles. The van der Waals surface area contributed by atoms with E-state index in [4.69, 9.17) is 9.26 Å². The number of rotatable bonds is 4. The molecule has 5 nitrogen and oxygen atoms in total. The molecule has 1 atom stereocenters. The Hall–Kier alpha value is -1.88. The Bertz CT molecular complexity index is 537. The van der Waals surface area contributed by atoms with Gasteiger partial charge in [0.15, 0.2) is 5.82 Å². The van der Waals surface area contributed by atoms with Gasteiger partial charge in [0.25, 0.3) is 5.89 Å². The van der Waals surface area contributed by atoms with Crippen LogP contribution >= 0.6 is 0 Å². The number of nitrogens with zero attached hydrogens (tertiary/aromatic N) is 2. The Labute approximate surface area is 105 Å². The first-order chi connectivity index (χ1) is 8.60. The van der Waals surface area contributed by atoms with E-state index in [0.717, 1.165) is 5.56 Å². The number of aryl methyl sites for hydroxylation is 1. The first-order valence-electron chi connectivity index (χ1n) is 5.75. The predicted molar refractivity (Wildman–Crippen MR) is 66.3 cm³/mol. The number of hydrogen-bond donors (Lipinski definition) is 1. The maximum absolute atomic E-state index is 9.83. The molecular formula is C13H16N2O3. The second kappa shape index (κ2) is 5.18. The van der Waals surface area contributed by atoms with Gasteiger partial charge >= 0.3 is 0 Å². The Morgan fingerprint density at radius 1 is 1.44 bits per heavy atom. The molecule has 96 valence electrons. The van der Waals surface area contributed by atoms with Crippen molar-refractivity contribution in [2.75, 3.05) is 7.11 Å². The van der Waals surface area contributed by atoms with Crippen LogP contribution in [0.1, 0.15) is 18.3 Å². The van der Waals surface area contributed by atoms with Gasteiger partial charge in [-0.1, -0.05) is 11.2 Å². The Balaban J connectivity index is 2.24. The quantitative estimate of drug-likeness (QED) is 0.899. The molecule has 0 radical (unpaired) electrons. The van der Waals surface area contributed by atoms with Crippen LogP contribution in [0.2, 0.25) is 0 Å². The molecule has 0 saturated carbocycles. The third-order valence-electron chi connectivity index (χ3n) is 2.72. The summed E-state index contributed by atoms with van der Waals surface area (Å²) < 4.78 is 10.3. The van der Waals surface area contributed by atoms with E-state index in [0.29, 0.717) is 23.7 Å². The van der Waals surface area contributed by atoms with E-state index in [1.165, 1.54) is 0 Å². The number of ether oxygens (including phenoxy) is 1. The topological polar surface area (TPSA) is 68.4 Å². The van der Waals surface area contributed by atoms with E-state index < -0.39 is 0 Å². The lowest BCUT2D eigenvalue weighted by Crippen LogP contribution is -2.09. The lowest BCUT2D eigenvalue weighted by atomic mass is 10.1. The third kappa shape index (κ3) is 2.68. The number of phenols is 1. The average Bonchev–Trinajstić information content (AvgIpc) is 2.77. The van der Waals surface area contributed by atoms with E-state index in [1.807, 2.05) is 19.9 Å². The van der Waals surface area contributed by atoms with Crippen LogP contribution in [-0.2, 0) is 11.2 Å². The van der Waals surface area contributed by atoms with E-state index in [9.17, 15) is 5.11 Å². The highest BCUT2D eigenvalue weighted by Gasteiger charge is 2.14. The SMILES string of the molecule is COC(C)Cc1noc(-c2ccc(C)cc2O)n1. The van der Waals surface area contributed by atoms with E-state index >= 15 is 0 Å². The van der Waals surface area contributed by atoms with Crippen molar-refractivity contribution in [2.24, 2.45) is 0 Å². The monoisotopic (exact) mass is 248 g/mol. The van der Waals surface area contributed by atoms with Crippen molar-refractivity contribution in [3.05, 3.63) is 29.6 Å². The van der Waals surface area contributed by atoms with Gasteiger partial charge in [-0.25, -0.2) is 0 Å². The van der Waals surface area contributed by atoms with E-state index in [2.05, 4.69) is 10.1 Å². The molecule has 0 amide bonds. The highest BCUT2D eigenvalue weighted by Crippen LogP contribution is 2.28. The zero-order chi connectivity index (χ0) is 13.1. The molecule has 0 fully saturated rings. The normalized spacial score (nSPS) is 12.6. The van der Waals surface area contributed by atoms with Crippen molar-refractivity contribution in [3.63, 3.8) is 0 Å². The molecule has 1 aromatic heterocycles. The number of benzene rings is 1. The average molecular weight is 248 g/mol. The maximum Gasteiger partial charge on any atom is 0.261 e. The van der Waals surface area contributed by atoms with Crippen molar-refractivity contribution in [1.29, 1.82) is 0 Å². The summed E-state index contributed by atoms with van der Waals surface area (Å²) in [5.41, 5.74) is 1.52. The van der Waals surface area contributed by atoms with E-state index in [-0.39, 0.29) is 11.9 Å². The van der Waals surface area contributed by atoms with Crippen LogP contribution in [0.5, 0.6) is 5.75 Å². The van der Waals surface area contributed by atoms with Crippen molar-refractivity contribution >= 4 is 0 Å². The molecule has 0 aliphatic carbocycles. The molecule has 18 heavy (non-hydrogen) atoms. The maximum atomic E-state index is 9.83. The van der Waals surface area contributed by atoms with Crippen LogP contribution in [0.25, 0.3) is 11.5 Å². The van der Waals surface area contributed by atoms with Crippen LogP contribution in [0.4, 0.5) is 0 Å². The summed E-state index contributed by atoms with van der Waals surface area (Å²) in [5, 5.41) is 13.7. The van der Waals surface area contributed by atoms with Crippen molar-refractivity contribution in [1.82, 2.24) is 10.1 Å². The summed E-state index contributed by atoms with van der Waals surface area (Å²) in [6.07, 6.45) is 0.606. The molecule has 1 unspecified atom stereocenters. The van der Waals surface area contributed by atoms with Crippen molar-refractivity contribution in [2.45, 2.75) is 26.4 Å². The fourth-order valence-corrected chi connectivity index (χ4v) is 1.61. The lowest BCUT2D eigenvalue weighted by Gasteiger charge is -2.04. The summed E-state index contributed by atoms with van der Waals surface area (Å²) in [6.45, 7) is 3.84. The zero-order valence-corrected chi connectivity index (χ0v) is 10.7. The molecule has 0 spiro atoms. The Morgan fingerprint density at radius 2 is 2.22 bits per heavy atom. The smallest absolute Gasteiger partial charge is 0.261 e. The molecule has 0 bridgehead atoms. The van der Waals surface area contributed by atoms with Gasteiger partial charge in [-0.3, -0.25) is 0 Å². The molecule has 0 aliphatic rings. The van der Waals surface area contributed by atoms with Crippen molar-refractivity contribution in [3.8, 4) is 17.2 Å². The Kier molecular flexibility index (Phi) is 3.62. The predicted octanol–water partition coefficient (Wildman–Crippen LogP) is 2.33. The minimum absolute atomic E-state index is 0.0297. The van der Waals surface area contributed by atoms with Gasteiger partial charge in [0.1, 0.15) is 5.75 Å². The van der Waals surface area contributed by atoms with Crippen LogP contribution in [-0.4, -0.2) is 28.5 Å². The Morgan fingerprint density at radius 3 is 2.89 bits per heavy atom. The third-order valence-corrected chi connectivity index (χ3v) is 2.72. The standard InChI is InChI=1S/C13H16N2O3/c1-8-4-5-10(11(16)6-8)13-14-12(15-18-13)7-9(2)17-3/h4-6,9,16H,7H2,1-3H3. The molecular weight excluding hydrogens is 232 g/mol. The van der Waals surface area contributed by atoms with Crippen LogP contribution < -0.4 is 0 Å². The summed E-state index contributed by atoms with van der Waals surface area (Å²) >= 11 is 0. The van der Waals surface area contributed by atoms with Gasteiger partial charge in [0.2, 0.25) is 0 Å².